The van der Waals surface area contributed by atoms with Crippen LogP contribution in [0.25, 0.3) is 5.57 Å². The molecule has 0 N–H and O–H groups in total. The lowest BCUT2D eigenvalue weighted by molar-refractivity contribution is -0.138. The van der Waals surface area contributed by atoms with E-state index < -0.39 is 0 Å². The Hall–Kier alpha value is -3.73. The van der Waals surface area contributed by atoms with Gasteiger partial charge in [0.1, 0.15) is 5.70 Å². The average Bonchev–Trinajstić information content (AvgIpc) is 3.05. The summed E-state index contributed by atoms with van der Waals surface area (Å²) in [5, 5.41) is 0. The van der Waals surface area contributed by atoms with Crippen molar-refractivity contribution in [2.45, 2.75) is 33.9 Å². The van der Waals surface area contributed by atoms with Gasteiger partial charge in [-0.05, 0) is 60.7 Å². The van der Waals surface area contributed by atoms with Gasteiger partial charge in [-0.15, -0.1) is 0 Å². The van der Waals surface area contributed by atoms with Crippen molar-refractivity contribution in [2.75, 3.05) is 6.54 Å². The van der Waals surface area contributed by atoms with Gasteiger partial charge in [0.15, 0.2) is 0 Å². The number of likely N-dealkylation sites (N-methyl/N-ethyl adjacent to an activating group) is 1. The minimum Gasteiger partial charge on any atom is -0.362 e. The molecule has 0 saturated heterocycles. The Morgan fingerprint density at radius 3 is 2.22 bits per heavy atom. The van der Waals surface area contributed by atoms with E-state index in [0.717, 1.165) is 27.8 Å². The van der Waals surface area contributed by atoms with E-state index >= 15 is 0 Å². The topological polar surface area (TPSA) is 53.5 Å². The molecule has 1 aromatic heterocycles. The fourth-order valence-electron chi connectivity index (χ4n) is 3.98. The molecule has 162 valence electrons. The maximum Gasteiger partial charge on any atom is 0.278 e. The normalized spacial score (nSPS) is 13.8. The maximum absolute atomic E-state index is 13.6. The summed E-state index contributed by atoms with van der Waals surface area (Å²) < 4.78 is 0. The molecule has 0 unspecified atom stereocenters. The SMILES string of the molecule is CCN(Cc1ccccc1)C1=C(c2ccc(C)c(C)c2)C(=O)N(Cc2ccncc2)C1=O. The Morgan fingerprint density at radius 2 is 1.56 bits per heavy atom. The van der Waals surface area contributed by atoms with Gasteiger partial charge >= 0.3 is 0 Å². The Kier molecular flexibility index (Phi) is 6.17. The predicted molar refractivity (Wildman–Crippen MR) is 125 cm³/mol. The number of benzene rings is 2. The van der Waals surface area contributed by atoms with E-state index in [4.69, 9.17) is 0 Å². The lowest BCUT2D eigenvalue weighted by atomic mass is 9.99. The van der Waals surface area contributed by atoms with Gasteiger partial charge in [0.25, 0.3) is 11.8 Å². The number of pyridine rings is 1. The molecule has 0 aliphatic carbocycles. The number of hydrogen-bond donors (Lipinski definition) is 0. The number of carbonyl (C=O) groups is 2. The van der Waals surface area contributed by atoms with Gasteiger partial charge in [0.05, 0.1) is 12.1 Å². The quantitative estimate of drug-likeness (QED) is 0.523. The number of amides is 2. The van der Waals surface area contributed by atoms with Crippen molar-refractivity contribution >= 4 is 17.4 Å². The molecule has 32 heavy (non-hydrogen) atoms. The molecular formula is C27H27N3O2. The molecule has 0 spiro atoms. The van der Waals surface area contributed by atoms with Crippen LogP contribution in [0.4, 0.5) is 0 Å². The summed E-state index contributed by atoms with van der Waals surface area (Å²) in [5.74, 6) is -0.505. The van der Waals surface area contributed by atoms with Crippen LogP contribution in [-0.4, -0.2) is 33.1 Å². The zero-order chi connectivity index (χ0) is 22.7. The standard InChI is InChI=1S/C27H27N3O2/c1-4-29(17-21-8-6-5-7-9-21)25-24(23-11-10-19(2)20(3)16-23)26(31)30(27(25)32)18-22-12-14-28-15-13-22/h5-16H,4,17-18H2,1-3H3. The molecule has 5 nitrogen and oxygen atoms in total. The highest BCUT2D eigenvalue weighted by Gasteiger charge is 2.41. The first-order valence-electron chi connectivity index (χ1n) is 10.9. The van der Waals surface area contributed by atoms with E-state index in [1.54, 1.807) is 12.4 Å². The summed E-state index contributed by atoms with van der Waals surface area (Å²) >= 11 is 0. The molecule has 4 rings (SSSR count). The predicted octanol–water partition coefficient (Wildman–Crippen LogP) is 4.50. The number of rotatable bonds is 7. The number of nitrogens with zero attached hydrogens (tertiary/aromatic N) is 3. The highest BCUT2D eigenvalue weighted by atomic mass is 16.2. The summed E-state index contributed by atoms with van der Waals surface area (Å²) in [5.41, 5.74) is 5.93. The van der Waals surface area contributed by atoms with Crippen LogP contribution >= 0.6 is 0 Å². The Balaban J connectivity index is 1.79. The van der Waals surface area contributed by atoms with Crippen LogP contribution in [0, 0.1) is 13.8 Å². The van der Waals surface area contributed by atoms with Crippen molar-refractivity contribution in [3.05, 3.63) is 107 Å². The fraction of sp³-hybridized carbons (Fsp3) is 0.222. The molecule has 0 atom stereocenters. The number of carbonyl (C=O) groups excluding carboxylic acids is 2. The van der Waals surface area contributed by atoms with Crippen LogP contribution in [0.2, 0.25) is 0 Å². The maximum atomic E-state index is 13.6. The second kappa shape index (κ2) is 9.18. The summed E-state index contributed by atoms with van der Waals surface area (Å²) in [6.07, 6.45) is 3.35. The van der Waals surface area contributed by atoms with Gasteiger partial charge < -0.3 is 4.90 Å². The lowest BCUT2D eigenvalue weighted by Gasteiger charge is -2.25. The molecule has 5 heteroatoms. The number of imide groups is 1. The summed E-state index contributed by atoms with van der Waals surface area (Å²) in [6, 6.07) is 19.6. The summed E-state index contributed by atoms with van der Waals surface area (Å²) in [7, 11) is 0. The largest absolute Gasteiger partial charge is 0.362 e. The van der Waals surface area contributed by atoms with Crippen molar-refractivity contribution in [2.24, 2.45) is 0 Å². The summed E-state index contributed by atoms with van der Waals surface area (Å²) in [4.78, 5) is 34.6. The van der Waals surface area contributed by atoms with E-state index in [1.807, 2.05) is 86.3 Å². The molecule has 1 aliphatic heterocycles. The Bertz CT molecular complexity index is 1170. The van der Waals surface area contributed by atoms with E-state index in [2.05, 4.69) is 4.98 Å². The van der Waals surface area contributed by atoms with Crippen LogP contribution < -0.4 is 0 Å². The van der Waals surface area contributed by atoms with E-state index in [0.29, 0.717) is 24.4 Å². The van der Waals surface area contributed by atoms with Gasteiger partial charge in [-0.25, -0.2) is 0 Å². The molecular weight excluding hydrogens is 398 g/mol. The molecule has 0 fully saturated rings. The number of aromatic nitrogens is 1. The first-order valence-corrected chi connectivity index (χ1v) is 10.9. The fourth-order valence-corrected chi connectivity index (χ4v) is 3.98. The molecule has 0 radical (unpaired) electrons. The van der Waals surface area contributed by atoms with Crippen LogP contribution in [0.5, 0.6) is 0 Å². The lowest BCUT2D eigenvalue weighted by Crippen LogP contribution is -2.34. The zero-order valence-electron chi connectivity index (χ0n) is 18.7. The second-order valence-corrected chi connectivity index (χ2v) is 8.07. The molecule has 1 aliphatic rings. The molecule has 0 bridgehead atoms. The minimum atomic E-state index is -0.253. The van der Waals surface area contributed by atoms with Crippen LogP contribution in [0.1, 0.15) is 34.7 Å². The van der Waals surface area contributed by atoms with Crippen molar-refractivity contribution in [3.63, 3.8) is 0 Å². The molecule has 2 aromatic carbocycles. The van der Waals surface area contributed by atoms with Crippen LogP contribution in [0.3, 0.4) is 0 Å². The van der Waals surface area contributed by atoms with Gasteiger partial charge in [0.2, 0.25) is 0 Å². The zero-order valence-corrected chi connectivity index (χ0v) is 18.7. The average molecular weight is 426 g/mol. The van der Waals surface area contributed by atoms with Crippen molar-refractivity contribution < 1.29 is 9.59 Å². The third kappa shape index (κ3) is 4.19. The van der Waals surface area contributed by atoms with Crippen molar-refractivity contribution in [1.29, 1.82) is 0 Å². The van der Waals surface area contributed by atoms with Gasteiger partial charge in [-0.2, -0.15) is 0 Å². The van der Waals surface area contributed by atoms with Gasteiger partial charge in [-0.3, -0.25) is 19.5 Å². The number of aryl methyl sites for hydroxylation is 2. The molecule has 2 amide bonds. The first-order chi connectivity index (χ1) is 15.5. The Labute approximate surface area is 189 Å². The monoisotopic (exact) mass is 425 g/mol. The van der Waals surface area contributed by atoms with E-state index in [-0.39, 0.29) is 18.4 Å². The first kappa shape index (κ1) is 21.5. The van der Waals surface area contributed by atoms with Crippen LogP contribution in [0.15, 0.2) is 78.8 Å². The minimum absolute atomic E-state index is 0.223. The number of hydrogen-bond acceptors (Lipinski definition) is 4. The molecule has 3 aromatic rings. The van der Waals surface area contributed by atoms with Gasteiger partial charge in [-0.1, -0.05) is 48.5 Å². The van der Waals surface area contributed by atoms with Crippen molar-refractivity contribution in [3.8, 4) is 0 Å². The van der Waals surface area contributed by atoms with Gasteiger partial charge in [0, 0.05) is 25.5 Å². The third-order valence-electron chi connectivity index (χ3n) is 5.94. The van der Waals surface area contributed by atoms with Crippen molar-refractivity contribution in [1.82, 2.24) is 14.8 Å². The summed E-state index contributed by atoms with van der Waals surface area (Å²) in [6.45, 7) is 7.47. The Morgan fingerprint density at radius 1 is 0.844 bits per heavy atom. The van der Waals surface area contributed by atoms with E-state index in [1.165, 1.54) is 4.90 Å². The van der Waals surface area contributed by atoms with Crippen LogP contribution in [-0.2, 0) is 22.7 Å². The highest BCUT2D eigenvalue weighted by Crippen LogP contribution is 2.34. The molecule has 0 saturated carbocycles. The second-order valence-electron chi connectivity index (χ2n) is 8.07. The smallest absolute Gasteiger partial charge is 0.278 e. The van der Waals surface area contributed by atoms with E-state index in [9.17, 15) is 9.59 Å². The highest BCUT2D eigenvalue weighted by molar-refractivity contribution is 6.35. The molecule has 2 heterocycles. The third-order valence-corrected chi connectivity index (χ3v) is 5.94.